The number of hydrogen-bond acceptors (Lipinski definition) is 6. The summed E-state index contributed by atoms with van der Waals surface area (Å²) in [6, 6.07) is 3.50. The molecule has 0 radical (unpaired) electrons. The Balaban J connectivity index is 2.30. The number of esters is 1. The average molecular weight is 267 g/mol. The molecule has 1 aliphatic rings. The highest BCUT2D eigenvalue weighted by Gasteiger charge is 2.23. The lowest BCUT2D eigenvalue weighted by atomic mass is 10.0. The lowest BCUT2D eigenvalue weighted by Gasteiger charge is -2.17. The third-order valence-electron chi connectivity index (χ3n) is 3.03. The van der Waals surface area contributed by atoms with Crippen LogP contribution in [-0.2, 0) is 9.53 Å². The van der Waals surface area contributed by atoms with Crippen molar-refractivity contribution in [3.63, 3.8) is 0 Å². The Morgan fingerprint density at radius 3 is 2.84 bits per heavy atom. The van der Waals surface area contributed by atoms with Crippen LogP contribution < -0.4 is 19.5 Å². The first-order chi connectivity index (χ1) is 9.19. The smallest absolute Gasteiger partial charge is 0.307 e. The van der Waals surface area contributed by atoms with E-state index in [1.165, 1.54) is 7.11 Å². The largest absolute Gasteiger partial charge is 0.493 e. The van der Waals surface area contributed by atoms with Crippen LogP contribution >= 0.6 is 0 Å². The summed E-state index contributed by atoms with van der Waals surface area (Å²) in [6.07, 6.45) is 0.232. The summed E-state index contributed by atoms with van der Waals surface area (Å²) < 4.78 is 20.7. The van der Waals surface area contributed by atoms with E-state index in [9.17, 15) is 4.79 Å². The Morgan fingerprint density at radius 2 is 2.21 bits per heavy atom. The van der Waals surface area contributed by atoms with Gasteiger partial charge in [0.05, 0.1) is 20.6 Å². The van der Waals surface area contributed by atoms with Crippen LogP contribution in [0.2, 0.25) is 0 Å². The molecular formula is C13H17NO5. The molecule has 1 unspecified atom stereocenters. The molecule has 6 nitrogen and oxygen atoms in total. The number of hydrogen-bond donors (Lipinski definition) is 1. The van der Waals surface area contributed by atoms with Crippen LogP contribution in [0.4, 0.5) is 0 Å². The zero-order chi connectivity index (χ0) is 13.8. The van der Waals surface area contributed by atoms with Gasteiger partial charge < -0.3 is 24.3 Å². The van der Waals surface area contributed by atoms with Gasteiger partial charge in [-0.05, 0) is 24.7 Å². The normalized spacial score (nSPS) is 14.1. The van der Waals surface area contributed by atoms with E-state index in [1.807, 2.05) is 12.1 Å². The van der Waals surface area contributed by atoms with Gasteiger partial charge in [-0.2, -0.15) is 0 Å². The van der Waals surface area contributed by atoms with Crippen LogP contribution in [0.5, 0.6) is 17.2 Å². The minimum atomic E-state index is -0.281. The fourth-order valence-corrected chi connectivity index (χ4v) is 1.99. The fourth-order valence-electron chi connectivity index (χ4n) is 1.99. The molecule has 1 heterocycles. The minimum absolute atomic E-state index is 0.171. The molecular weight excluding hydrogens is 250 g/mol. The molecule has 1 aliphatic heterocycles. The summed E-state index contributed by atoms with van der Waals surface area (Å²) in [7, 11) is 4.72. The molecule has 1 aromatic carbocycles. The number of rotatable bonds is 5. The second-order valence-electron chi connectivity index (χ2n) is 4.08. The molecule has 0 aliphatic carbocycles. The van der Waals surface area contributed by atoms with E-state index in [4.69, 9.17) is 14.2 Å². The SMILES string of the molecule is CNC(CC(=O)OC)c1cc(OC)c2c(c1)OCO2. The summed E-state index contributed by atoms with van der Waals surface area (Å²) in [5, 5.41) is 3.07. The van der Waals surface area contributed by atoms with Gasteiger partial charge in [-0.3, -0.25) is 4.79 Å². The highest BCUT2D eigenvalue weighted by atomic mass is 16.7. The maximum absolute atomic E-state index is 11.4. The quantitative estimate of drug-likeness (QED) is 0.810. The second kappa shape index (κ2) is 5.79. The summed E-state index contributed by atoms with van der Waals surface area (Å²) in [5.74, 6) is 1.53. The van der Waals surface area contributed by atoms with Crippen LogP contribution in [0, 0.1) is 0 Å². The van der Waals surface area contributed by atoms with Crippen molar-refractivity contribution in [2.45, 2.75) is 12.5 Å². The molecule has 0 saturated carbocycles. The predicted molar refractivity (Wildman–Crippen MR) is 67.6 cm³/mol. The molecule has 1 aromatic rings. The summed E-state index contributed by atoms with van der Waals surface area (Å²) >= 11 is 0. The summed E-state index contributed by atoms with van der Waals surface area (Å²) in [6.45, 7) is 0.177. The van der Waals surface area contributed by atoms with E-state index >= 15 is 0 Å². The van der Waals surface area contributed by atoms with Gasteiger partial charge >= 0.3 is 5.97 Å². The molecule has 2 rings (SSSR count). The molecule has 0 aromatic heterocycles. The lowest BCUT2D eigenvalue weighted by Crippen LogP contribution is -2.20. The van der Waals surface area contributed by atoms with Crippen molar-refractivity contribution in [3.05, 3.63) is 17.7 Å². The van der Waals surface area contributed by atoms with Gasteiger partial charge in [0.2, 0.25) is 12.5 Å². The first-order valence-corrected chi connectivity index (χ1v) is 5.91. The Labute approximate surface area is 111 Å². The van der Waals surface area contributed by atoms with Crippen LogP contribution in [0.25, 0.3) is 0 Å². The average Bonchev–Trinajstić information content (AvgIpc) is 2.91. The van der Waals surface area contributed by atoms with Crippen molar-refractivity contribution in [1.82, 2.24) is 5.32 Å². The van der Waals surface area contributed by atoms with Gasteiger partial charge in [0.1, 0.15) is 0 Å². The number of nitrogens with one attached hydrogen (secondary N) is 1. The van der Waals surface area contributed by atoms with Crippen molar-refractivity contribution in [1.29, 1.82) is 0 Å². The van der Waals surface area contributed by atoms with E-state index in [1.54, 1.807) is 14.2 Å². The Morgan fingerprint density at radius 1 is 1.42 bits per heavy atom. The monoisotopic (exact) mass is 267 g/mol. The first-order valence-electron chi connectivity index (χ1n) is 5.91. The highest BCUT2D eigenvalue weighted by Crippen LogP contribution is 2.43. The third-order valence-corrected chi connectivity index (χ3v) is 3.03. The van der Waals surface area contributed by atoms with Gasteiger partial charge in [0.25, 0.3) is 0 Å². The maximum Gasteiger partial charge on any atom is 0.307 e. The van der Waals surface area contributed by atoms with Crippen LogP contribution in [-0.4, -0.2) is 34.0 Å². The number of fused-ring (bicyclic) bond motifs is 1. The Kier molecular flexibility index (Phi) is 4.11. The number of carbonyl (C=O) groups is 1. The van der Waals surface area contributed by atoms with Crippen LogP contribution in [0.1, 0.15) is 18.0 Å². The summed E-state index contributed by atoms with van der Waals surface area (Å²) in [5.41, 5.74) is 0.883. The minimum Gasteiger partial charge on any atom is -0.493 e. The molecule has 0 fully saturated rings. The molecule has 19 heavy (non-hydrogen) atoms. The summed E-state index contributed by atoms with van der Waals surface area (Å²) in [4.78, 5) is 11.4. The predicted octanol–water partition coefficient (Wildman–Crippen LogP) is 1.25. The molecule has 0 spiro atoms. The number of carbonyl (C=O) groups excluding carboxylic acids is 1. The standard InChI is InChI=1S/C13H17NO5/c1-14-9(6-12(15)17-3)8-4-10(16-2)13-11(5-8)18-7-19-13/h4-5,9,14H,6-7H2,1-3H3. The van der Waals surface area contributed by atoms with Crippen LogP contribution in [0.3, 0.4) is 0 Å². The lowest BCUT2D eigenvalue weighted by molar-refractivity contribution is -0.141. The number of methoxy groups -OCH3 is 2. The van der Waals surface area contributed by atoms with Gasteiger partial charge in [0.15, 0.2) is 11.5 Å². The van der Waals surface area contributed by atoms with Gasteiger partial charge in [-0.15, -0.1) is 0 Å². The van der Waals surface area contributed by atoms with Gasteiger partial charge in [-0.1, -0.05) is 0 Å². The van der Waals surface area contributed by atoms with E-state index in [-0.39, 0.29) is 25.2 Å². The van der Waals surface area contributed by atoms with E-state index < -0.39 is 0 Å². The zero-order valence-electron chi connectivity index (χ0n) is 11.2. The van der Waals surface area contributed by atoms with Gasteiger partial charge in [0, 0.05) is 6.04 Å². The molecule has 104 valence electrons. The zero-order valence-corrected chi connectivity index (χ0v) is 11.2. The van der Waals surface area contributed by atoms with Crippen molar-refractivity contribution in [3.8, 4) is 17.2 Å². The number of ether oxygens (including phenoxy) is 4. The molecule has 6 heteroatoms. The van der Waals surface area contributed by atoms with Crippen molar-refractivity contribution in [2.75, 3.05) is 28.1 Å². The van der Waals surface area contributed by atoms with Crippen LogP contribution in [0.15, 0.2) is 12.1 Å². The Bertz CT molecular complexity index is 474. The fraction of sp³-hybridized carbons (Fsp3) is 0.462. The van der Waals surface area contributed by atoms with Gasteiger partial charge in [-0.25, -0.2) is 0 Å². The van der Waals surface area contributed by atoms with Crippen molar-refractivity contribution in [2.24, 2.45) is 0 Å². The maximum atomic E-state index is 11.4. The molecule has 0 amide bonds. The number of benzene rings is 1. The Hall–Kier alpha value is -1.95. The van der Waals surface area contributed by atoms with E-state index in [2.05, 4.69) is 10.1 Å². The van der Waals surface area contributed by atoms with E-state index in [0.717, 1.165) is 5.56 Å². The van der Waals surface area contributed by atoms with E-state index in [0.29, 0.717) is 17.2 Å². The first kappa shape index (κ1) is 13.5. The topological polar surface area (TPSA) is 66.0 Å². The molecule has 1 N–H and O–H groups in total. The second-order valence-corrected chi connectivity index (χ2v) is 4.08. The highest BCUT2D eigenvalue weighted by molar-refractivity contribution is 5.70. The molecule has 0 saturated heterocycles. The van der Waals surface area contributed by atoms with Crippen molar-refractivity contribution < 1.29 is 23.7 Å². The third kappa shape index (κ3) is 2.73. The van der Waals surface area contributed by atoms with Crippen molar-refractivity contribution >= 4 is 5.97 Å². The molecule has 0 bridgehead atoms. The molecule has 1 atom stereocenters.